The van der Waals surface area contributed by atoms with Crippen molar-refractivity contribution >= 4 is 11.9 Å². The Balaban J connectivity index is 2.03. The molecule has 1 heterocycles. The number of amides is 1. The Morgan fingerprint density at radius 2 is 2.08 bits per heavy atom. The first-order valence-electron chi connectivity index (χ1n) is 7.19. The average Bonchev–Trinajstić information content (AvgIpc) is 2.78. The number of hydrogen-bond donors (Lipinski definition) is 1. The molecule has 0 aromatic heterocycles. The van der Waals surface area contributed by atoms with Crippen LogP contribution in [-0.2, 0) is 9.53 Å². The fourth-order valence-electron chi connectivity index (χ4n) is 2.28. The topological polar surface area (TPSA) is 76.1 Å². The molecule has 1 aromatic carbocycles. The molecule has 132 valence electrons. The molecule has 1 atom stereocenters. The molecule has 1 saturated heterocycles. The van der Waals surface area contributed by atoms with E-state index in [2.05, 4.69) is 0 Å². The predicted octanol–water partition coefficient (Wildman–Crippen LogP) is 1.94. The third kappa shape index (κ3) is 4.85. The summed E-state index contributed by atoms with van der Waals surface area (Å²) in [5.41, 5.74) is 0.211. The molecule has 1 aliphatic rings. The van der Waals surface area contributed by atoms with Crippen molar-refractivity contribution in [3.05, 3.63) is 29.8 Å². The number of carbonyl (C=O) groups is 2. The molecule has 0 spiro atoms. The summed E-state index contributed by atoms with van der Waals surface area (Å²) in [4.78, 5) is 24.2. The fraction of sp³-hybridized carbons (Fsp3) is 0.467. The highest BCUT2D eigenvalue weighted by atomic mass is 19.4. The maximum Gasteiger partial charge on any atom is 0.414 e. The van der Waals surface area contributed by atoms with Crippen molar-refractivity contribution in [2.24, 2.45) is 0 Å². The number of alkyl halides is 3. The number of hydrogen-bond acceptors (Lipinski definition) is 4. The molecule has 24 heavy (non-hydrogen) atoms. The summed E-state index contributed by atoms with van der Waals surface area (Å²) in [5.74, 6) is -1.42. The Kier molecular flexibility index (Phi) is 5.66. The van der Waals surface area contributed by atoms with Gasteiger partial charge in [-0.15, -0.1) is 0 Å². The first-order valence-corrected chi connectivity index (χ1v) is 7.19. The number of aliphatic carboxylic acids is 1. The van der Waals surface area contributed by atoms with Gasteiger partial charge in [-0.25, -0.2) is 4.79 Å². The molecule has 2 rings (SSSR count). The molecule has 6 nitrogen and oxygen atoms in total. The molecule has 0 saturated carbocycles. The van der Waals surface area contributed by atoms with Gasteiger partial charge in [-0.1, -0.05) is 6.07 Å². The summed E-state index contributed by atoms with van der Waals surface area (Å²) in [6.45, 7) is -0.789. The van der Waals surface area contributed by atoms with Crippen LogP contribution in [0.5, 0.6) is 5.75 Å². The van der Waals surface area contributed by atoms with Crippen LogP contribution in [0.4, 0.5) is 13.2 Å². The van der Waals surface area contributed by atoms with E-state index in [9.17, 15) is 22.8 Å². The summed E-state index contributed by atoms with van der Waals surface area (Å²) in [7, 11) is 0. The van der Waals surface area contributed by atoms with Crippen LogP contribution in [0, 0.1) is 0 Å². The van der Waals surface area contributed by atoms with Crippen LogP contribution in [0.2, 0.25) is 0 Å². The van der Waals surface area contributed by atoms with Gasteiger partial charge in [0.05, 0.1) is 6.61 Å². The minimum absolute atomic E-state index is 0.0472. The van der Waals surface area contributed by atoms with Crippen LogP contribution in [0.1, 0.15) is 16.8 Å². The molecule has 1 fully saturated rings. The zero-order valence-electron chi connectivity index (χ0n) is 12.6. The predicted molar refractivity (Wildman–Crippen MR) is 75.9 cm³/mol. The Labute approximate surface area is 135 Å². The number of benzene rings is 1. The SMILES string of the molecule is O=C(O)COc1cccc(C(=O)N2CCOC(C(F)(F)F)CC2)c1. The average molecular weight is 347 g/mol. The lowest BCUT2D eigenvalue weighted by atomic mass is 10.1. The first-order chi connectivity index (χ1) is 11.3. The van der Waals surface area contributed by atoms with E-state index in [4.69, 9.17) is 14.6 Å². The van der Waals surface area contributed by atoms with Crippen LogP contribution >= 0.6 is 0 Å². The molecule has 0 aliphatic carbocycles. The van der Waals surface area contributed by atoms with E-state index in [1.165, 1.54) is 29.2 Å². The van der Waals surface area contributed by atoms with E-state index in [1.807, 2.05) is 0 Å². The lowest BCUT2D eigenvalue weighted by Gasteiger charge is -2.20. The van der Waals surface area contributed by atoms with E-state index in [-0.39, 0.29) is 37.4 Å². The van der Waals surface area contributed by atoms with Gasteiger partial charge in [-0.3, -0.25) is 4.79 Å². The normalized spacial score (nSPS) is 18.8. The standard InChI is InChI=1S/C15H16F3NO5/c16-15(17,18)12-4-5-19(6-7-23-12)14(22)10-2-1-3-11(8-10)24-9-13(20)21/h1-3,8,12H,4-7,9H2,(H,20,21). The number of carboxylic acids is 1. The van der Waals surface area contributed by atoms with E-state index < -0.39 is 30.8 Å². The lowest BCUT2D eigenvalue weighted by molar-refractivity contribution is -0.218. The lowest BCUT2D eigenvalue weighted by Crippen LogP contribution is -2.34. The minimum atomic E-state index is -4.45. The van der Waals surface area contributed by atoms with Gasteiger partial charge >= 0.3 is 12.1 Å². The first kappa shape index (κ1) is 18.1. The third-order valence-corrected chi connectivity index (χ3v) is 3.44. The van der Waals surface area contributed by atoms with Gasteiger partial charge in [0.2, 0.25) is 0 Å². The second-order valence-electron chi connectivity index (χ2n) is 5.19. The number of carboxylic acid groups (broad SMARTS) is 1. The Bertz CT molecular complexity index is 605. The van der Waals surface area contributed by atoms with Crippen LogP contribution in [0.3, 0.4) is 0 Å². The molecule has 0 bridgehead atoms. The van der Waals surface area contributed by atoms with Gasteiger partial charge < -0.3 is 19.5 Å². The smallest absolute Gasteiger partial charge is 0.414 e. The maximum absolute atomic E-state index is 12.7. The highest BCUT2D eigenvalue weighted by molar-refractivity contribution is 5.94. The Morgan fingerprint density at radius 1 is 1.33 bits per heavy atom. The molecular weight excluding hydrogens is 331 g/mol. The van der Waals surface area contributed by atoms with Crippen molar-refractivity contribution in [3.63, 3.8) is 0 Å². The minimum Gasteiger partial charge on any atom is -0.482 e. The molecule has 1 aliphatic heterocycles. The van der Waals surface area contributed by atoms with Crippen molar-refractivity contribution in [1.82, 2.24) is 4.90 Å². The van der Waals surface area contributed by atoms with Crippen molar-refractivity contribution in [1.29, 1.82) is 0 Å². The van der Waals surface area contributed by atoms with E-state index >= 15 is 0 Å². The van der Waals surface area contributed by atoms with E-state index in [0.717, 1.165) is 0 Å². The summed E-state index contributed by atoms with van der Waals surface area (Å²) >= 11 is 0. The molecular formula is C15H16F3NO5. The van der Waals surface area contributed by atoms with Gasteiger partial charge in [0.15, 0.2) is 12.7 Å². The summed E-state index contributed by atoms with van der Waals surface area (Å²) in [5, 5.41) is 8.57. The Hall–Kier alpha value is -2.29. The number of rotatable bonds is 4. The van der Waals surface area contributed by atoms with Crippen molar-refractivity contribution in [2.75, 3.05) is 26.3 Å². The van der Waals surface area contributed by atoms with Crippen molar-refractivity contribution in [2.45, 2.75) is 18.7 Å². The molecule has 0 radical (unpaired) electrons. The Morgan fingerprint density at radius 3 is 2.75 bits per heavy atom. The highest BCUT2D eigenvalue weighted by Crippen LogP contribution is 2.27. The van der Waals surface area contributed by atoms with Crippen LogP contribution in [0.15, 0.2) is 24.3 Å². The van der Waals surface area contributed by atoms with E-state index in [1.54, 1.807) is 0 Å². The quantitative estimate of drug-likeness (QED) is 0.901. The zero-order valence-corrected chi connectivity index (χ0v) is 12.6. The summed E-state index contributed by atoms with van der Waals surface area (Å²) in [6.07, 6.45) is -6.66. The number of nitrogens with zero attached hydrogens (tertiary/aromatic N) is 1. The van der Waals surface area contributed by atoms with Gasteiger partial charge in [-0.05, 0) is 18.2 Å². The molecule has 9 heteroatoms. The van der Waals surface area contributed by atoms with Gasteiger partial charge in [0, 0.05) is 25.1 Å². The van der Waals surface area contributed by atoms with Crippen molar-refractivity contribution < 1.29 is 37.3 Å². The zero-order chi connectivity index (χ0) is 17.7. The van der Waals surface area contributed by atoms with Crippen LogP contribution in [-0.4, -0.2) is 60.5 Å². The highest BCUT2D eigenvalue weighted by Gasteiger charge is 2.41. The molecule has 1 unspecified atom stereocenters. The number of ether oxygens (including phenoxy) is 2. The van der Waals surface area contributed by atoms with Crippen LogP contribution in [0.25, 0.3) is 0 Å². The largest absolute Gasteiger partial charge is 0.482 e. The molecule has 1 aromatic rings. The van der Waals surface area contributed by atoms with Gasteiger partial charge in [0.1, 0.15) is 5.75 Å². The van der Waals surface area contributed by atoms with E-state index in [0.29, 0.717) is 0 Å². The van der Waals surface area contributed by atoms with Crippen molar-refractivity contribution in [3.8, 4) is 5.75 Å². The third-order valence-electron chi connectivity index (χ3n) is 3.44. The number of halogens is 3. The summed E-state index contributed by atoms with van der Waals surface area (Å²) < 4.78 is 47.8. The second kappa shape index (κ2) is 7.52. The van der Waals surface area contributed by atoms with Gasteiger partial charge in [-0.2, -0.15) is 13.2 Å². The van der Waals surface area contributed by atoms with Gasteiger partial charge in [0.25, 0.3) is 5.91 Å². The maximum atomic E-state index is 12.7. The number of carbonyl (C=O) groups excluding carboxylic acids is 1. The molecule has 1 amide bonds. The molecule has 1 N–H and O–H groups in total. The summed E-state index contributed by atoms with van der Waals surface area (Å²) in [6, 6.07) is 5.85. The monoisotopic (exact) mass is 347 g/mol. The fourth-order valence-corrected chi connectivity index (χ4v) is 2.28. The second-order valence-corrected chi connectivity index (χ2v) is 5.19. The van der Waals surface area contributed by atoms with Crippen LogP contribution < -0.4 is 4.74 Å².